The van der Waals surface area contributed by atoms with Crippen LogP contribution in [0.5, 0.6) is 0 Å². The Morgan fingerprint density at radius 3 is 3.04 bits per heavy atom. The summed E-state index contributed by atoms with van der Waals surface area (Å²) in [5.74, 6) is 0.730. The lowest BCUT2D eigenvalue weighted by atomic mass is 9.88. The summed E-state index contributed by atoms with van der Waals surface area (Å²) in [5.41, 5.74) is 0.744. The van der Waals surface area contributed by atoms with Crippen LogP contribution in [0.4, 0.5) is 0 Å². The summed E-state index contributed by atoms with van der Waals surface area (Å²) in [6.45, 7) is 2.06. The van der Waals surface area contributed by atoms with Crippen molar-refractivity contribution in [2.75, 3.05) is 6.61 Å². The van der Waals surface area contributed by atoms with Crippen LogP contribution < -0.4 is 0 Å². The second kappa shape index (κ2) is 8.01. The van der Waals surface area contributed by atoms with Gasteiger partial charge in [0.2, 0.25) is 5.82 Å². The van der Waals surface area contributed by atoms with Gasteiger partial charge in [0.15, 0.2) is 6.61 Å². The van der Waals surface area contributed by atoms with Crippen LogP contribution in [0.15, 0.2) is 29.0 Å². The summed E-state index contributed by atoms with van der Waals surface area (Å²) in [4.78, 5) is 20.0. The molecular weight excluding hydrogens is 310 g/mol. The van der Waals surface area contributed by atoms with Crippen molar-refractivity contribution >= 4 is 5.97 Å². The number of esters is 1. The molecule has 0 unspecified atom stereocenters. The fourth-order valence-corrected chi connectivity index (χ4v) is 2.81. The Morgan fingerprint density at radius 2 is 2.25 bits per heavy atom. The average Bonchev–Trinajstić information content (AvgIpc) is 3.09. The first-order valence-electron chi connectivity index (χ1n) is 8.22. The molecule has 0 bridgehead atoms. The predicted octanol–water partition coefficient (Wildman–Crippen LogP) is 2.77. The van der Waals surface area contributed by atoms with Crippen molar-refractivity contribution in [3.8, 4) is 11.4 Å². The first-order valence-corrected chi connectivity index (χ1v) is 8.22. The zero-order chi connectivity index (χ0) is 16.8. The molecule has 1 aliphatic rings. The van der Waals surface area contributed by atoms with E-state index in [1.165, 1.54) is 6.42 Å². The second-order valence-corrected chi connectivity index (χ2v) is 6.03. The van der Waals surface area contributed by atoms with Gasteiger partial charge in [-0.3, -0.25) is 4.98 Å². The highest BCUT2D eigenvalue weighted by Crippen LogP contribution is 2.26. The number of rotatable bonds is 6. The summed E-state index contributed by atoms with van der Waals surface area (Å²) in [5, 5.41) is 3.85. The van der Waals surface area contributed by atoms with E-state index in [0.29, 0.717) is 11.7 Å². The fraction of sp³-hybridized carbons (Fsp3) is 0.529. The monoisotopic (exact) mass is 331 g/mol. The number of hydrogen-bond donors (Lipinski definition) is 0. The van der Waals surface area contributed by atoms with Crippen molar-refractivity contribution in [1.82, 2.24) is 15.1 Å². The van der Waals surface area contributed by atoms with Gasteiger partial charge >= 0.3 is 5.97 Å². The third kappa shape index (κ3) is 4.38. The normalized spacial score (nSPS) is 20.7. The molecule has 7 nitrogen and oxygen atoms in total. The second-order valence-electron chi connectivity index (χ2n) is 6.03. The molecule has 2 atom stereocenters. The molecular formula is C17H21N3O4. The highest BCUT2D eigenvalue weighted by molar-refractivity contribution is 5.70. The first-order chi connectivity index (χ1) is 11.7. The van der Waals surface area contributed by atoms with E-state index >= 15 is 0 Å². The lowest BCUT2D eigenvalue weighted by Gasteiger charge is -2.28. The van der Waals surface area contributed by atoms with Gasteiger partial charge in [0, 0.05) is 18.0 Å². The van der Waals surface area contributed by atoms with Crippen molar-refractivity contribution in [2.45, 2.75) is 45.3 Å². The Morgan fingerprint density at radius 1 is 1.38 bits per heavy atom. The third-order valence-electron chi connectivity index (χ3n) is 4.19. The Labute approximate surface area is 140 Å². The van der Waals surface area contributed by atoms with Crippen molar-refractivity contribution in [2.24, 2.45) is 5.92 Å². The number of carbonyl (C=O) groups is 1. The maximum absolute atomic E-state index is 11.8. The molecule has 7 heteroatoms. The molecule has 1 saturated carbocycles. The van der Waals surface area contributed by atoms with Gasteiger partial charge in [0.1, 0.15) is 6.61 Å². The molecule has 0 radical (unpaired) electrons. The Balaban J connectivity index is 1.44. The van der Waals surface area contributed by atoms with Crippen molar-refractivity contribution in [3.05, 3.63) is 30.4 Å². The van der Waals surface area contributed by atoms with E-state index in [1.54, 1.807) is 18.5 Å². The van der Waals surface area contributed by atoms with Crippen LogP contribution in [-0.4, -0.2) is 33.8 Å². The van der Waals surface area contributed by atoms with Crippen molar-refractivity contribution < 1.29 is 18.8 Å². The minimum Gasteiger partial charge on any atom is -0.454 e. The van der Waals surface area contributed by atoms with Crippen molar-refractivity contribution in [3.63, 3.8) is 0 Å². The molecule has 2 aromatic rings. The van der Waals surface area contributed by atoms with E-state index < -0.39 is 5.97 Å². The van der Waals surface area contributed by atoms with E-state index in [4.69, 9.17) is 14.0 Å². The van der Waals surface area contributed by atoms with E-state index in [9.17, 15) is 4.79 Å². The van der Waals surface area contributed by atoms with Gasteiger partial charge in [-0.25, -0.2) is 4.79 Å². The third-order valence-corrected chi connectivity index (χ3v) is 4.19. The average molecular weight is 331 g/mol. The van der Waals surface area contributed by atoms with Gasteiger partial charge in [-0.05, 0) is 30.9 Å². The first kappa shape index (κ1) is 16.6. The molecule has 0 saturated heterocycles. The molecule has 1 fully saturated rings. The summed E-state index contributed by atoms with van der Waals surface area (Å²) < 4.78 is 15.9. The van der Waals surface area contributed by atoms with Crippen LogP contribution >= 0.6 is 0 Å². The summed E-state index contributed by atoms with van der Waals surface area (Å²) in [6, 6.07) is 3.61. The van der Waals surface area contributed by atoms with E-state index in [0.717, 1.165) is 24.8 Å². The predicted molar refractivity (Wildman–Crippen MR) is 84.7 cm³/mol. The molecule has 2 aromatic heterocycles. The molecule has 0 amide bonds. The molecule has 1 aliphatic carbocycles. The fourth-order valence-electron chi connectivity index (χ4n) is 2.81. The number of aromatic nitrogens is 3. The SMILES string of the molecule is C[C@H]1CCCC[C@H]1OCC(=O)OCc1nc(-c2cccnc2)no1. The van der Waals surface area contributed by atoms with E-state index in [1.807, 2.05) is 6.07 Å². The number of carbonyl (C=O) groups excluding carboxylic acids is 1. The van der Waals surface area contributed by atoms with Crippen LogP contribution in [0, 0.1) is 5.92 Å². The van der Waals surface area contributed by atoms with Gasteiger partial charge in [0.25, 0.3) is 5.89 Å². The van der Waals surface area contributed by atoms with Crippen LogP contribution in [-0.2, 0) is 20.9 Å². The van der Waals surface area contributed by atoms with Crippen molar-refractivity contribution in [1.29, 1.82) is 0 Å². The van der Waals surface area contributed by atoms with Gasteiger partial charge in [-0.2, -0.15) is 4.98 Å². The molecule has 2 heterocycles. The topological polar surface area (TPSA) is 87.3 Å². The molecule has 24 heavy (non-hydrogen) atoms. The lowest BCUT2D eigenvalue weighted by molar-refractivity contribution is -0.155. The standard InChI is InChI=1S/C17H21N3O4/c1-12-5-2-3-7-14(12)22-11-16(21)23-10-15-19-17(20-24-15)13-6-4-8-18-9-13/h4,6,8-9,12,14H,2-3,5,7,10-11H2,1H3/t12-,14+/m0/s1. The van der Waals surface area contributed by atoms with E-state index in [2.05, 4.69) is 22.0 Å². The number of ether oxygens (including phenoxy) is 2. The van der Waals surface area contributed by atoms with Crippen LogP contribution in [0.1, 0.15) is 38.5 Å². The van der Waals surface area contributed by atoms with Crippen LogP contribution in [0.2, 0.25) is 0 Å². The quantitative estimate of drug-likeness (QED) is 0.752. The van der Waals surface area contributed by atoms with Gasteiger partial charge in [-0.15, -0.1) is 0 Å². The number of pyridine rings is 1. The highest BCUT2D eigenvalue weighted by Gasteiger charge is 2.23. The maximum Gasteiger partial charge on any atom is 0.332 e. The minimum atomic E-state index is -0.422. The zero-order valence-electron chi connectivity index (χ0n) is 13.7. The lowest BCUT2D eigenvalue weighted by Crippen LogP contribution is -2.28. The molecule has 128 valence electrons. The van der Waals surface area contributed by atoms with E-state index in [-0.39, 0.29) is 25.2 Å². The Kier molecular flexibility index (Phi) is 5.53. The Hall–Kier alpha value is -2.28. The molecule has 3 rings (SSSR count). The number of nitrogens with zero attached hydrogens (tertiary/aromatic N) is 3. The summed E-state index contributed by atoms with van der Waals surface area (Å²) in [6.07, 6.45) is 8.00. The molecule has 0 spiro atoms. The van der Waals surface area contributed by atoms with Crippen LogP contribution in [0.25, 0.3) is 11.4 Å². The maximum atomic E-state index is 11.8. The highest BCUT2D eigenvalue weighted by atomic mass is 16.6. The Bertz CT molecular complexity index is 659. The molecule has 0 N–H and O–H groups in total. The zero-order valence-corrected chi connectivity index (χ0v) is 13.7. The molecule has 0 aromatic carbocycles. The van der Waals surface area contributed by atoms with Gasteiger partial charge in [0.05, 0.1) is 6.10 Å². The summed E-state index contributed by atoms with van der Waals surface area (Å²) >= 11 is 0. The van der Waals surface area contributed by atoms with Gasteiger partial charge in [-0.1, -0.05) is 24.9 Å². The smallest absolute Gasteiger partial charge is 0.332 e. The molecule has 0 aliphatic heterocycles. The summed E-state index contributed by atoms with van der Waals surface area (Å²) in [7, 11) is 0. The van der Waals surface area contributed by atoms with Gasteiger partial charge < -0.3 is 14.0 Å². The minimum absolute atomic E-state index is 0.0430. The number of hydrogen-bond acceptors (Lipinski definition) is 7. The van der Waals surface area contributed by atoms with Crippen LogP contribution in [0.3, 0.4) is 0 Å². The largest absolute Gasteiger partial charge is 0.454 e.